The van der Waals surface area contributed by atoms with Crippen molar-refractivity contribution in [2.45, 2.75) is 70.9 Å². The van der Waals surface area contributed by atoms with Gasteiger partial charge in [-0.3, -0.25) is 14.5 Å². The summed E-state index contributed by atoms with van der Waals surface area (Å²) in [4.78, 5) is 31.6. The van der Waals surface area contributed by atoms with Crippen LogP contribution in [0.25, 0.3) is 0 Å². The van der Waals surface area contributed by atoms with Crippen LogP contribution in [0.3, 0.4) is 0 Å². The van der Waals surface area contributed by atoms with Gasteiger partial charge in [-0.05, 0) is 49.9 Å². The van der Waals surface area contributed by atoms with E-state index in [1.165, 1.54) is 12.8 Å². The van der Waals surface area contributed by atoms with Gasteiger partial charge in [0.05, 0.1) is 0 Å². The molecule has 2 bridgehead atoms. The highest BCUT2D eigenvalue weighted by Gasteiger charge is 2.45. The molecule has 0 spiro atoms. The number of piperidine rings is 4. The number of nitrogens with zero attached hydrogens (tertiary/aromatic N) is 3. The molecule has 4 aliphatic rings. The molecule has 146 valence electrons. The number of rotatable bonds is 3. The van der Waals surface area contributed by atoms with Gasteiger partial charge in [-0.25, -0.2) is 0 Å². The summed E-state index contributed by atoms with van der Waals surface area (Å²) in [7, 11) is 0. The fourth-order valence-electron chi connectivity index (χ4n) is 5.90. The second kappa shape index (κ2) is 7.49. The van der Waals surface area contributed by atoms with Crippen molar-refractivity contribution in [1.29, 1.82) is 0 Å². The molecule has 5 nitrogen and oxygen atoms in total. The zero-order valence-corrected chi connectivity index (χ0v) is 16.5. The first-order chi connectivity index (χ1) is 12.5. The average Bonchev–Trinajstić information content (AvgIpc) is 2.62. The maximum atomic E-state index is 12.3. The minimum absolute atomic E-state index is 0.338. The van der Waals surface area contributed by atoms with Crippen molar-refractivity contribution in [1.82, 2.24) is 14.7 Å². The summed E-state index contributed by atoms with van der Waals surface area (Å²) in [5.74, 6) is 2.52. The number of hydrogen-bond donors (Lipinski definition) is 0. The van der Waals surface area contributed by atoms with Crippen LogP contribution in [-0.2, 0) is 9.59 Å². The molecular weight excluding hydrogens is 326 g/mol. The molecule has 0 N–H and O–H groups in total. The number of amides is 2. The van der Waals surface area contributed by atoms with Crippen LogP contribution in [0.1, 0.15) is 58.8 Å². The Labute approximate surface area is 158 Å². The standard InChI is InChI=1S/C21H35N3O2/c1-15(2)10-21(26)22-8-6-18(7-9-22)23-12-16-11-17(14-23)19-4-3-5-20(25)24(19)13-16/h15-19H,3-14H2,1-2H3/t16-,17-,19-/m1/s1. The Morgan fingerprint density at radius 2 is 1.88 bits per heavy atom. The maximum absolute atomic E-state index is 12.3. The highest BCUT2D eigenvalue weighted by molar-refractivity contribution is 5.77. The van der Waals surface area contributed by atoms with Gasteiger partial charge in [0.2, 0.25) is 11.8 Å². The van der Waals surface area contributed by atoms with Crippen LogP contribution < -0.4 is 0 Å². The quantitative estimate of drug-likeness (QED) is 0.775. The predicted octanol–water partition coefficient (Wildman–Crippen LogP) is 2.36. The number of hydrogen-bond acceptors (Lipinski definition) is 3. The van der Waals surface area contributed by atoms with Crippen molar-refractivity contribution in [3.8, 4) is 0 Å². The van der Waals surface area contributed by atoms with Gasteiger partial charge in [-0.1, -0.05) is 13.8 Å². The molecule has 2 amide bonds. The molecule has 4 aliphatic heterocycles. The van der Waals surface area contributed by atoms with Gasteiger partial charge in [0, 0.05) is 57.6 Å². The third-order valence-corrected chi connectivity index (χ3v) is 7.12. The lowest BCUT2D eigenvalue weighted by atomic mass is 9.75. The normalized spacial score (nSPS) is 33.5. The number of carbonyl (C=O) groups is 2. The summed E-state index contributed by atoms with van der Waals surface area (Å²) in [6.45, 7) is 9.40. The van der Waals surface area contributed by atoms with Crippen LogP contribution in [0, 0.1) is 17.8 Å². The van der Waals surface area contributed by atoms with Gasteiger partial charge in [-0.15, -0.1) is 0 Å². The SMILES string of the molecule is CC(C)CC(=O)N1CCC(N2C[C@H]3C[C@H](C2)[C@H]2CCCC(=O)N2C3)CC1. The Kier molecular flexibility index (Phi) is 5.27. The Morgan fingerprint density at radius 1 is 1.12 bits per heavy atom. The van der Waals surface area contributed by atoms with Gasteiger partial charge in [0.15, 0.2) is 0 Å². The molecule has 26 heavy (non-hydrogen) atoms. The Morgan fingerprint density at radius 3 is 2.62 bits per heavy atom. The fourth-order valence-corrected chi connectivity index (χ4v) is 5.90. The lowest BCUT2D eigenvalue weighted by molar-refractivity contribution is -0.146. The molecule has 4 heterocycles. The van der Waals surface area contributed by atoms with Gasteiger partial charge >= 0.3 is 0 Å². The van der Waals surface area contributed by atoms with Crippen molar-refractivity contribution in [3.63, 3.8) is 0 Å². The van der Waals surface area contributed by atoms with Crippen LogP contribution >= 0.6 is 0 Å². The van der Waals surface area contributed by atoms with Crippen LogP contribution in [0.4, 0.5) is 0 Å². The molecule has 4 fully saturated rings. The number of likely N-dealkylation sites (tertiary alicyclic amines) is 2. The van der Waals surface area contributed by atoms with Gasteiger partial charge < -0.3 is 9.80 Å². The van der Waals surface area contributed by atoms with E-state index in [2.05, 4.69) is 28.5 Å². The maximum Gasteiger partial charge on any atom is 0.222 e. The molecule has 0 aromatic rings. The lowest BCUT2D eigenvalue weighted by Gasteiger charge is -2.54. The molecule has 5 heteroatoms. The smallest absolute Gasteiger partial charge is 0.222 e. The molecule has 4 rings (SSSR count). The third-order valence-electron chi connectivity index (χ3n) is 7.12. The zero-order chi connectivity index (χ0) is 18.3. The van der Waals surface area contributed by atoms with E-state index in [1.54, 1.807) is 0 Å². The van der Waals surface area contributed by atoms with E-state index in [1.807, 2.05) is 0 Å². The molecule has 0 aromatic carbocycles. The van der Waals surface area contributed by atoms with Crippen LogP contribution in [0.15, 0.2) is 0 Å². The van der Waals surface area contributed by atoms with Gasteiger partial charge in [0.1, 0.15) is 0 Å². The fraction of sp³-hybridized carbons (Fsp3) is 0.905. The first kappa shape index (κ1) is 18.3. The molecule has 0 saturated carbocycles. The first-order valence-electron chi connectivity index (χ1n) is 10.8. The largest absolute Gasteiger partial charge is 0.343 e. The van der Waals surface area contributed by atoms with E-state index >= 15 is 0 Å². The second-order valence-corrected chi connectivity index (χ2v) is 9.53. The molecule has 0 unspecified atom stereocenters. The van der Waals surface area contributed by atoms with E-state index in [4.69, 9.17) is 0 Å². The zero-order valence-electron chi connectivity index (χ0n) is 16.5. The van der Waals surface area contributed by atoms with E-state index < -0.39 is 0 Å². The number of fused-ring (bicyclic) bond motifs is 4. The van der Waals surface area contributed by atoms with Crippen LogP contribution in [0.5, 0.6) is 0 Å². The van der Waals surface area contributed by atoms with Crippen molar-refractivity contribution in [2.24, 2.45) is 17.8 Å². The summed E-state index contributed by atoms with van der Waals surface area (Å²) in [6, 6.07) is 1.14. The lowest BCUT2D eigenvalue weighted by Crippen LogP contribution is -2.62. The summed E-state index contributed by atoms with van der Waals surface area (Å²) in [5.41, 5.74) is 0. The molecule has 0 radical (unpaired) electrons. The van der Waals surface area contributed by atoms with Crippen molar-refractivity contribution < 1.29 is 9.59 Å². The van der Waals surface area contributed by atoms with E-state index in [0.29, 0.717) is 48.1 Å². The highest BCUT2D eigenvalue weighted by Crippen LogP contribution is 2.39. The summed E-state index contributed by atoms with van der Waals surface area (Å²) >= 11 is 0. The predicted molar refractivity (Wildman–Crippen MR) is 102 cm³/mol. The van der Waals surface area contributed by atoms with E-state index in [0.717, 1.165) is 58.4 Å². The minimum Gasteiger partial charge on any atom is -0.343 e. The monoisotopic (exact) mass is 361 g/mol. The Bertz CT molecular complexity index is 541. The third kappa shape index (κ3) is 3.64. The molecule has 3 atom stereocenters. The molecular formula is C21H35N3O2. The van der Waals surface area contributed by atoms with Crippen LogP contribution in [0.2, 0.25) is 0 Å². The molecule has 0 aliphatic carbocycles. The van der Waals surface area contributed by atoms with Crippen molar-refractivity contribution in [3.05, 3.63) is 0 Å². The first-order valence-corrected chi connectivity index (χ1v) is 10.8. The topological polar surface area (TPSA) is 43.9 Å². The van der Waals surface area contributed by atoms with Gasteiger partial charge in [-0.2, -0.15) is 0 Å². The second-order valence-electron chi connectivity index (χ2n) is 9.53. The average molecular weight is 362 g/mol. The molecule has 0 aromatic heterocycles. The van der Waals surface area contributed by atoms with Crippen molar-refractivity contribution >= 4 is 11.8 Å². The van der Waals surface area contributed by atoms with E-state index in [9.17, 15) is 9.59 Å². The van der Waals surface area contributed by atoms with Crippen molar-refractivity contribution in [2.75, 3.05) is 32.7 Å². The Balaban J connectivity index is 1.33. The summed E-state index contributed by atoms with van der Waals surface area (Å²) in [5, 5.41) is 0. The van der Waals surface area contributed by atoms with Gasteiger partial charge in [0.25, 0.3) is 0 Å². The summed E-state index contributed by atoms with van der Waals surface area (Å²) < 4.78 is 0. The minimum atomic E-state index is 0.338. The van der Waals surface area contributed by atoms with Crippen LogP contribution in [-0.4, -0.2) is 71.3 Å². The number of carbonyl (C=O) groups excluding carboxylic acids is 2. The van der Waals surface area contributed by atoms with E-state index in [-0.39, 0.29) is 0 Å². The summed E-state index contributed by atoms with van der Waals surface area (Å²) in [6.07, 6.45) is 7.30. The molecule has 4 saturated heterocycles. The highest BCUT2D eigenvalue weighted by atomic mass is 16.2. The Hall–Kier alpha value is -1.10.